The van der Waals surface area contributed by atoms with Gasteiger partial charge in [-0.25, -0.2) is 4.79 Å². The highest BCUT2D eigenvalue weighted by atomic mass is 79.9. The molecule has 0 amide bonds. The number of halogens is 1. The van der Waals surface area contributed by atoms with E-state index in [4.69, 9.17) is 15.0 Å². The first kappa shape index (κ1) is 12.6. The predicted octanol–water partition coefficient (Wildman–Crippen LogP) is 2.86. The first-order valence-corrected chi connectivity index (χ1v) is 6.11. The van der Waals surface area contributed by atoms with Crippen molar-refractivity contribution >= 4 is 27.6 Å². The van der Waals surface area contributed by atoms with Crippen molar-refractivity contribution in [2.75, 3.05) is 12.3 Å². The van der Waals surface area contributed by atoms with Crippen molar-refractivity contribution < 1.29 is 14.1 Å². The van der Waals surface area contributed by atoms with Crippen molar-refractivity contribution in [2.45, 2.75) is 6.92 Å². The lowest BCUT2D eigenvalue weighted by atomic mass is 10.1. The second kappa shape index (κ2) is 5.22. The third kappa shape index (κ3) is 2.38. The Kier molecular flexibility index (Phi) is 3.66. The molecule has 18 heavy (non-hydrogen) atoms. The Morgan fingerprint density at radius 2 is 2.33 bits per heavy atom. The minimum Gasteiger partial charge on any atom is -0.461 e. The fourth-order valence-electron chi connectivity index (χ4n) is 1.48. The van der Waals surface area contributed by atoms with Crippen LogP contribution in [0.3, 0.4) is 0 Å². The van der Waals surface area contributed by atoms with E-state index in [0.717, 1.165) is 10.0 Å². The van der Waals surface area contributed by atoms with Crippen LogP contribution >= 0.6 is 15.9 Å². The molecule has 0 aliphatic rings. The quantitative estimate of drug-likeness (QED) is 0.882. The highest BCUT2D eigenvalue weighted by Crippen LogP contribution is 2.30. The summed E-state index contributed by atoms with van der Waals surface area (Å²) in [4.78, 5) is 11.5. The normalized spacial score (nSPS) is 10.3. The fraction of sp³-hybridized carbons (Fsp3) is 0.167. The van der Waals surface area contributed by atoms with Gasteiger partial charge in [0, 0.05) is 10.0 Å². The van der Waals surface area contributed by atoms with Crippen molar-refractivity contribution in [3.05, 3.63) is 34.4 Å². The number of esters is 1. The first-order valence-electron chi connectivity index (χ1n) is 5.31. The number of anilines is 1. The summed E-state index contributed by atoms with van der Waals surface area (Å²) < 4.78 is 10.8. The lowest BCUT2D eigenvalue weighted by molar-refractivity contribution is 0.0516. The number of carbonyl (C=O) groups is 1. The van der Waals surface area contributed by atoms with Crippen LogP contribution in [-0.2, 0) is 4.74 Å². The highest BCUT2D eigenvalue weighted by molar-refractivity contribution is 9.10. The van der Waals surface area contributed by atoms with Crippen LogP contribution in [0, 0.1) is 0 Å². The molecule has 0 radical (unpaired) electrons. The molecule has 1 heterocycles. The van der Waals surface area contributed by atoms with Crippen LogP contribution in [0.1, 0.15) is 17.4 Å². The Morgan fingerprint density at radius 3 is 3.00 bits per heavy atom. The van der Waals surface area contributed by atoms with Gasteiger partial charge < -0.3 is 15.0 Å². The zero-order valence-electron chi connectivity index (χ0n) is 9.64. The predicted molar refractivity (Wildman–Crippen MR) is 70.0 cm³/mol. The van der Waals surface area contributed by atoms with Gasteiger partial charge in [-0.1, -0.05) is 33.2 Å². The summed E-state index contributed by atoms with van der Waals surface area (Å²) >= 11 is 3.35. The number of benzene rings is 1. The maximum atomic E-state index is 11.5. The van der Waals surface area contributed by atoms with E-state index in [1.54, 1.807) is 6.92 Å². The molecule has 94 valence electrons. The molecule has 5 nitrogen and oxygen atoms in total. The van der Waals surface area contributed by atoms with Gasteiger partial charge in [0.05, 0.1) is 6.61 Å². The van der Waals surface area contributed by atoms with E-state index in [2.05, 4.69) is 21.1 Å². The number of rotatable bonds is 3. The molecule has 2 aromatic rings. The van der Waals surface area contributed by atoms with Gasteiger partial charge in [0.1, 0.15) is 5.69 Å². The molecule has 6 heteroatoms. The molecule has 0 spiro atoms. The number of nitrogens with two attached hydrogens (primary N) is 1. The second-order valence-electron chi connectivity index (χ2n) is 3.50. The molecule has 0 aliphatic carbocycles. The zero-order valence-corrected chi connectivity index (χ0v) is 11.2. The summed E-state index contributed by atoms with van der Waals surface area (Å²) in [6.45, 7) is 1.97. The van der Waals surface area contributed by atoms with Crippen LogP contribution in [0.15, 0.2) is 33.3 Å². The minimum atomic E-state index is -0.583. The van der Waals surface area contributed by atoms with Crippen molar-refractivity contribution in [3.8, 4) is 11.3 Å². The number of nitrogen functional groups attached to an aromatic ring is 1. The van der Waals surface area contributed by atoms with Crippen LogP contribution in [0.25, 0.3) is 11.3 Å². The Bertz CT molecular complexity index is 580. The second-order valence-corrected chi connectivity index (χ2v) is 4.42. The average molecular weight is 311 g/mol. The van der Waals surface area contributed by atoms with Crippen LogP contribution in [0.2, 0.25) is 0 Å². The van der Waals surface area contributed by atoms with Crippen LogP contribution < -0.4 is 5.73 Å². The smallest absolute Gasteiger partial charge is 0.362 e. The maximum Gasteiger partial charge on any atom is 0.362 e. The molecule has 1 aromatic carbocycles. The van der Waals surface area contributed by atoms with E-state index in [9.17, 15) is 4.79 Å². The maximum absolute atomic E-state index is 11.5. The number of ether oxygens (including phenoxy) is 1. The number of hydrogen-bond acceptors (Lipinski definition) is 5. The summed E-state index contributed by atoms with van der Waals surface area (Å²) in [7, 11) is 0. The van der Waals surface area contributed by atoms with Gasteiger partial charge in [-0.2, -0.15) is 0 Å². The van der Waals surface area contributed by atoms with Gasteiger partial charge in [-0.3, -0.25) is 0 Å². The molecule has 2 N–H and O–H groups in total. The number of aromatic nitrogens is 1. The highest BCUT2D eigenvalue weighted by Gasteiger charge is 2.21. The van der Waals surface area contributed by atoms with Crippen molar-refractivity contribution in [1.29, 1.82) is 0 Å². The average Bonchev–Trinajstić information content (AvgIpc) is 2.71. The third-order valence-corrected chi connectivity index (χ3v) is 2.78. The molecule has 0 unspecified atom stereocenters. The molecule has 0 fully saturated rings. The summed E-state index contributed by atoms with van der Waals surface area (Å²) in [6, 6.07) is 7.36. The van der Waals surface area contributed by atoms with E-state index in [-0.39, 0.29) is 18.0 Å². The molecule has 0 saturated heterocycles. The van der Waals surface area contributed by atoms with E-state index in [1.807, 2.05) is 24.3 Å². The van der Waals surface area contributed by atoms with Gasteiger partial charge in [-0.15, -0.1) is 0 Å². The van der Waals surface area contributed by atoms with Crippen molar-refractivity contribution in [2.24, 2.45) is 0 Å². The molecular weight excluding hydrogens is 300 g/mol. The van der Waals surface area contributed by atoms with Crippen molar-refractivity contribution in [3.63, 3.8) is 0 Å². The largest absolute Gasteiger partial charge is 0.461 e. The summed E-state index contributed by atoms with van der Waals surface area (Å²) in [6.07, 6.45) is 0. The van der Waals surface area contributed by atoms with E-state index < -0.39 is 5.97 Å². The van der Waals surface area contributed by atoms with Gasteiger partial charge in [0.2, 0.25) is 5.69 Å². The van der Waals surface area contributed by atoms with Gasteiger partial charge in [0.25, 0.3) is 0 Å². The lowest BCUT2D eigenvalue weighted by Gasteiger charge is -1.99. The first-order chi connectivity index (χ1) is 8.63. The Labute approximate surface area is 112 Å². The lowest BCUT2D eigenvalue weighted by Crippen LogP contribution is -2.07. The Balaban J connectivity index is 2.39. The molecule has 0 atom stereocenters. The van der Waals surface area contributed by atoms with Crippen LogP contribution in [0.4, 0.5) is 5.69 Å². The third-order valence-electron chi connectivity index (χ3n) is 2.28. The SMILES string of the molecule is CCOC(=O)c1noc(-c2cccc(Br)c2)c1N. The zero-order chi connectivity index (χ0) is 13.1. The van der Waals surface area contributed by atoms with Crippen LogP contribution in [-0.4, -0.2) is 17.7 Å². The van der Waals surface area contributed by atoms with E-state index in [1.165, 1.54) is 0 Å². The van der Waals surface area contributed by atoms with Crippen molar-refractivity contribution in [1.82, 2.24) is 5.16 Å². The summed E-state index contributed by atoms with van der Waals surface area (Å²) in [5.74, 6) is -0.223. The monoisotopic (exact) mass is 310 g/mol. The molecule has 0 saturated carbocycles. The van der Waals surface area contributed by atoms with Crippen LogP contribution in [0.5, 0.6) is 0 Å². The van der Waals surface area contributed by atoms with E-state index >= 15 is 0 Å². The summed E-state index contributed by atoms with van der Waals surface area (Å²) in [5, 5.41) is 3.65. The number of carbonyl (C=O) groups excluding carboxylic acids is 1. The molecule has 0 bridgehead atoms. The standard InChI is InChI=1S/C12H11BrN2O3/c1-2-17-12(16)10-9(14)11(18-15-10)7-4-3-5-8(13)6-7/h3-6H,2,14H2,1H3. The van der Waals surface area contributed by atoms with E-state index in [0.29, 0.717) is 5.76 Å². The summed E-state index contributed by atoms with van der Waals surface area (Å²) in [5.41, 5.74) is 6.78. The minimum absolute atomic E-state index is 0.00632. The number of hydrogen-bond donors (Lipinski definition) is 1. The Morgan fingerprint density at radius 1 is 1.56 bits per heavy atom. The number of nitrogens with zero attached hydrogens (tertiary/aromatic N) is 1. The fourth-order valence-corrected chi connectivity index (χ4v) is 1.88. The molecule has 2 rings (SSSR count). The van der Waals surface area contributed by atoms with Gasteiger partial charge in [-0.05, 0) is 19.1 Å². The topological polar surface area (TPSA) is 78.3 Å². The van der Waals surface area contributed by atoms with Gasteiger partial charge in [0.15, 0.2) is 5.76 Å². The molecule has 1 aromatic heterocycles. The molecule has 0 aliphatic heterocycles. The van der Waals surface area contributed by atoms with Gasteiger partial charge >= 0.3 is 5.97 Å². The Hall–Kier alpha value is -1.82. The molecular formula is C12H11BrN2O3.